The molecule has 0 bridgehead atoms. The molecule has 0 aromatic heterocycles. The van der Waals surface area contributed by atoms with Crippen LogP contribution in [-0.4, -0.2) is 23.4 Å². The fourth-order valence-corrected chi connectivity index (χ4v) is 2.52. The zero-order valence-electron chi connectivity index (χ0n) is 11.7. The van der Waals surface area contributed by atoms with E-state index in [1.165, 1.54) is 18.2 Å². The van der Waals surface area contributed by atoms with Crippen molar-refractivity contribution >= 4 is 17.3 Å². The summed E-state index contributed by atoms with van der Waals surface area (Å²) in [5, 5.41) is 16.7. The zero-order chi connectivity index (χ0) is 14.8. The van der Waals surface area contributed by atoms with Crippen LogP contribution in [0.1, 0.15) is 43.0 Å². The molecule has 108 valence electrons. The third kappa shape index (κ3) is 2.59. The van der Waals surface area contributed by atoms with Crippen molar-refractivity contribution in [3.63, 3.8) is 0 Å². The van der Waals surface area contributed by atoms with Crippen molar-refractivity contribution in [3.05, 3.63) is 33.9 Å². The van der Waals surface area contributed by atoms with Crippen molar-refractivity contribution in [1.82, 2.24) is 5.32 Å². The van der Waals surface area contributed by atoms with Crippen molar-refractivity contribution in [1.29, 1.82) is 0 Å². The van der Waals surface area contributed by atoms with Crippen LogP contribution in [0.25, 0.3) is 0 Å². The monoisotopic (exact) mass is 277 g/mol. The molecule has 0 spiro atoms. The number of nitrogens with one attached hydrogen (secondary N) is 2. The third-order valence-corrected chi connectivity index (χ3v) is 4.09. The summed E-state index contributed by atoms with van der Waals surface area (Å²) in [5.74, 6) is -0.169. The van der Waals surface area contributed by atoms with Crippen LogP contribution < -0.4 is 10.6 Å². The second-order valence-corrected chi connectivity index (χ2v) is 5.18. The summed E-state index contributed by atoms with van der Waals surface area (Å²) in [7, 11) is 1.60. The number of hydrogen-bond acceptors (Lipinski definition) is 4. The number of rotatable bonds is 5. The minimum Gasteiger partial charge on any atom is -0.383 e. The van der Waals surface area contributed by atoms with Crippen LogP contribution in [0.4, 0.5) is 11.4 Å². The van der Waals surface area contributed by atoms with Gasteiger partial charge in [0, 0.05) is 24.2 Å². The Bertz CT molecular complexity index is 533. The minimum atomic E-state index is -0.465. The lowest BCUT2D eigenvalue weighted by Gasteiger charge is -2.42. The van der Waals surface area contributed by atoms with E-state index >= 15 is 0 Å². The van der Waals surface area contributed by atoms with E-state index in [0.717, 1.165) is 25.7 Å². The van der Waals surface area contributed by atoms with Gasteiger partial charge in [0.1, 0.15) is 5.69 Å². The Balaban J connectivity index is 2.20. The van der Waals surface area contributed by atoms with Gasteiger partial charge in [-0.1, -0.05) is 6.92 Å². The lowest BCUT2D eigenvalue weighted by Crippen LogP contribution is -2.52. The van der Waals surface area contributed by atoms with Gasteiger partial charge < -0.3 is 10.6 Å². The first kappa shape index (κ1) is 14.3. The highest BCUT2D eigenvalue weighted by Gasteiger charge is 2.36. The number of nitro benzene ring substituents is 1. The molecule has 0 radical (unpaired) electrons. The van der Waals surface area contributed by atoms with E-state index in [9.17, 15) is 14.9 Å². The Morgan fingerprint density at radius 2 is 2.15 bits per heavy atom. The molecule has 0 heterocycles. The van der Waals surface area contributed by atoms with E-state index in [2.05, 4.69) is 17.6 Å². The number of carbonyl (C=O) groups excluding carboxylic acids is 1. The third-order valence-electron chi connectivity index (χ3n) is 4.09. The van der Waals surface area contributed by atoms with E-state index in [4.69, 9.17) is 0 Å². The molecule has 6 nitrogen and oxygen atoms in total. The van der Waals surface area contributed by atoms with Crippen LogP contribution in [0.5, 0.6) is 0 Å². The molecule has 1 aliphatic rings. The maximum Gasteiger partial charge on any atom is 0.292 e. The van der Waals surface area contributed by atoms with Gasteiger partial charge in [0.15, 0.2) is 0 Å². The Kier molecular flexibility index (Phi) is 3.92. The van der Waals surface area contributed by atoms with Crippen molar-refractivity contribution < 1.29 is 9.72 Å². The average Bonchev–Trinajstić information content (AvgIpc) is 2.41. The first-order chi connectivity index (χ1) is 9.51. The first-order valence-corrected chi connectivity index (χ1v) is 6.80. The normalized spacial score (nSPS) is 16.1. The highest BCUT2D eigenvalue weighted by molar-refractivity contribution is 5.96. The van der Waals surface area contributed by atoms with E-state index in [0.29, 0.717) is 11.3 Å². The van der Waals surface area contributed by atoms with Gasteiger partial charge in [-0.05, 0) is 37.8 Å². The maximum atomic E-state index is 12.3. The summed E-state index contributed by atoms with van der Waals surface area (Å²) in [6.45, 7) is 2.06. The van der Waals surface area contributed by atoms with Gasteiger partial charge in [-0.15, -0.1) is 0 Å². The average molecular weight is 277 g/mol. The topological polar surface area (TPSA) is 84.3 Å². The van der Waals surface area contributed by atoms with Crippen LogP contribution in [-0.2, 0) is 0 Å². The highest BCUT2D eigenvalue weighted by atomic mass is 16.6. The van der Waals surface area contributed by atoms with Crippen molar-refractivity contribution in [2.75, 3.05) is 12.4 Å². The zero-order valence-corrected chi connectivity index (χ0v) is 11.7. The SMILES string of the molecule is CCC1(NC(=O)c2ccc([N+](=O)[O-])c(NC)c2)CCC1. The molecular formula is C14H19N3O3. The van der Waals surface area contributed by atoms with Gasteiger partial charge in [0.2, 0.25) is 0 Å². The highest BCUT2D eigenvalue weighted by Crippen LogP contribution is 2.35. The number of nitro groups is 1. The molecule has 0 saturated heterocycles. The molecule has 1 aliphatic carbocycles. The smallest absolute Gasteiger partial charge is 0.292 e. The van der Waals surface area contributed by atoms with Gasteiger partial charge in [-0.3, -0.25) is 14.9 Å². The maximum absolute atomic E-state index is 12.3. The van der Waals surface area contributed by atoms with Crippen molar-refractivity contribution in [3.8, 4) is 0 Å². The minimum absolute atomic E-state index is 0.0297. The first-order valence-electron chi connectivity index (χ1n) is 6.80. The van der Waals surface area contributed by atoms with Crippen LogP contribution in [0, 0.1) is 10.1 Å². The molecule has 1 fully saturated rings. The summed E-state index contributed by atoms with van der Waals surface area (Å²) in [6, 6.07) is 4.38. The molecule has 2 rings (SSSR count). The molecule has 0 unspecified atom stereocenters. The lowest BCUT2D eigenvalue weighted by molar-refractivity contribution is -0.383. The Morgan fingerprint density at radius 3 is 2.60 bits per heavy atom. The van der Waals surface area contributed by atoms with Gasteiger partial charge in [-0.2, -0.15) is 0 Å². The number of amides is 1. The Hall–Kier alpha value is -2.11. The number of benzene rings is 1. The molecule has 1 saturated carbocycles. The fraction of sp³-hybridized carbons (Fsp3) is 0.500. The number of nitrogens with zero attached hydrogens (tertiary/aromatic N) is 1. The number of anilines is 1. The summed E-state index contributed by atoms with van der Waals surface area (Å²) in [6.07, 6.45) is 4.04. The molecule has 0 atom stereocenters. The van der Waals surface area contributed by atoms with Gasteiger partial charge in [0.25, 0.3) is 11.6 Å². The molecule has 2 N–H and O–H groups in total. The lowest BCUT2D eigenvalue weighted by atomic mass is 9.74. The van der Waals surface area contributed by atoms with Crippen LogP contribution in [0.15, 0.2) is 18.2 Å². The molecule has 1 aromatic rings. The van der Waals surface area contributed by atoms with E-state index in [-0.39, 0.29) is 17.1 Å². The molecule has 1 aromatic carbocycles. The molecular weight excluding hydrogens is 258 g/mol. The Morgan fingerprint density at radius 1 is 1.45 bits per heavy atom. The van der Waals surface area contributed by atoms with E-state index in [1.807, 2.05) is 0 Å². The van der Waals surface area contributed by atoms with Crippen LogP contribution >= 0.6 is 0 Å². The van der Waals surface area contributed by atoms with E-state index < -0.39 is 4.92 Å². The number of carbonyl (C=O) groups is 1. The van der Waals surface area contributed by atoms with Crippen molar-refractivity contribution in [2.45, 2.75) is 38.1 Å². The standard InChI is InChI=1S/C14H19N3O3/c1-3-14(7-4-8-14)16-13(18)10-5-6-12(17(19)20)11(9-10)15-2/h5-6,9,15H,3-4,7-8H2,1-2H3,(H,16,18). The second-order valence-electron chi connectivity index (χ2n) is 5.18. The predicted octanol–water partition coefficient (Wildman–Crippen LogP) is 2.70. The van der Waals surface area contributed by atoms with Gasteiger partial charge in [-0.25, -0.2) is 0 Å². The quantitative estimate of drug-likeness (QED) is 0.640. The largest absolute Gasteiger partial charge is 0.383 e. The summed E-state index contributed by atoms with van der Waals surface area (Å²) in [5.41, 5.74) is 0.679. The summed E-state index contributed by atoms with van der Waals surface area (Å²) >= 11 is 0. The molecule has 0 aliphatic heterocycles. The number of hydrogen-bond donors (Lipinski definition) is 2. The Labute approximate surface area is 117 Å². The second kappa shape index (κ2) is 5.48. The predicted molar refractivity (Wildman–Crippen MR) is 77.0 cm³/mol. The summed E-state index contributed by atoms with van der Waals surface area (Å²) < 4.78 is 0. The molecule has 1 amide bonds. The van der Waals surface area contributed by atoms with Gasteiger partial charge >= 0.3 is 0 Å². The van der Waals surface area contributed by atoms with E-state index in [1.54, 1.807) is 7.05 Å². The van der Waals surface area contributed by atoms with Gasteiger partial charge in [0.05, 0.1) is 4.92 Å². The fourth-order valence-electron chi connectivity index (χ4n) is 2.52. The summed E-state index contributed by atoms with van der Waals surface area (Å²) in [4.78, 5) is 22.6. The van der Waals surface area contributed by atoms with Crippen LogP contribution in [0.3, 0.4) is 0 Å². The van der Waals surface area contributed by atoms with Crippen molar-refractivity contribution in [2.24, 2.45) is 0 Å². The molecule has 6 heteroatoms. The molecule has 20 heavy (non-hydrogen) atoms. The van der Waals surface area contributed by atoms with Crippen LogP contribution in [0.2, 0.25) is 0 Å².